The minimum atomic E-state index is -0.318. The number of aryl methyl sites for hydroxylation is 1. The van der Waals surface area contributed by atoms with Crippen molar-refractivity contribution in [2.75, 3.05) is 5.32 Å². The largest absolute Gasteiger partial charge is 0.351 e. The molecule has 0 fully saturated rings. The van der Waals surface area contributed by atoms with E-state index in [1.807, 2.05) is 52.0 Å². The first-order valence-corrected chi connectivity index (χ1v) is 5.94. The summed E-state index contributed by atoms with van der Waals surface area (Å²) < 4.78 is 0. The monoisotopic (exact) mass is 248 g/mol. The van der Waals surface area contributed by atoms with E-state index < -0.39 is 0 Å². The lowest BCUT2D eigenvalue weighted by molar-refractivity contribution is -0.127. The van der Waals surface area contributed by atoms with Gasteiger partial charge in [0.1, 0.15) is 6.42 Å². The van der Waals surface area contributed by atoms with Gasteiger partial charge in [-0.1, -0.05) is 17.7 Å². The molecule has 2 amide bonds. The highest BCUT2D eigenvalue weighted by Gasteiger charge is 2.16. The zero-order chi connectivity index (χ0) is 13.8. The molecular formula is C14H20N2O2. The zero-order valence-electron chi connectivity index (χ0n) is 11.3. The topological polar surface area (TPSA) is 58.2 Å². The van der Waals surface area contributed by atoms with Crippen LogP contribution in [0.15, 0.2) is 24.3 Å². The van der Waals surface area contributed by atoms with Gasteiger partial charge in [0, 0.05) is 11.2 Å². The Hall–Kier alpha value is -1.84. The molecule has 0 aliphatic carbocycles. The number of anilines is 1. The Kier molecular flexibility index (Phi) is 4.48. The van der Waals surface area contributed by atoms with E-state index >= 15 is 0 Å². The van der Waals surface area contributed by atoms with Crippen molar-refractivity contribution < 1.29 is 9.59 Å². The van der Waals surface area contributed by atoms with E-state index in [-0.39, 0.29) is 23.8 Å². The van der Waals surface area contributed by atoms with Gasteiger partial charge in [0.25, 0.3) is 0 Å². The van der Waals surface area contributed by atoms with Gasteiger partial charge in [0.15, 0.2) is 0 Å². The Morgan fingerprint density at radius 2 is 1.61 bits per heavy atom. The summed E-state index contributed by atoms with van der Waals surface area (Å²) >= 11 is 0. The Labute approximate surface area is 108 Å². The van der Waals surface area contributed by atoms with Gasteiger partial charge >= 0.3 is 0 Å². The second-order valence-corrected chi connectivity index (χ2v) is 5.39. The molecule has 1 rings (SSSR count). The summed E-state index contributed by atoms with van der Waals surface area (Å²) in [4.78, 5) is 23.2. The van der Waals surface area contributed by atoms with Gasteiger partial charge in [-0.05, 0) is 39.8 Å². The second-order valence-electron chi connectivity index (χ2n) is 5.39. The predicted molar refractivity (Wildman–Crippen MR) is 72.3 cm³/mol. The van der Waals surface area contributed by atoms with Crippen LogP contribution in [0, 0.1) is 6.92 Å². The summed E-state index contributed by atoms with van der Waals surface area (Å²) in [5, 5.41) is 5.43. The van der Waals surface area contributed by atoms with Crippen LogP contribution in [0.4, 0.5) is 5.69 Å². The number of amides is 2. The van der Waals surface area contributed by atoms with E-state index in [1.54, 1.807) is 0 Å². The van der Waals surface area contributed by atoms with Crippen LogP contribution in [-0.2, 0) is 9.59 Å². The molecule has 0 unspecified atom stereocenters. The van der Waals surface area contributed by atoms with Crippen LogP contribution < -0.4 is 10.6 Å². The fourth-order valence-corrected chi connectivity index (χ4v) is 1.45. The Balaban J connectivity index is 2.47. The van der Waals surface area contributed by atoms with Gasteiger partial charge in [0.2, 0.25) is 11.8 Å². The molecule has 0 saturated heterocycles. The molecule has 0 atom stereocenters. The van der Waals surface area contributed by atoms with Crippen LogP contribution in [0.5, 0.6) is 0 Å². The lowest BCUT2D eigenvalue weighted by Crippen LogP contribution is -2.41. The van der Waals surface area contributed by atoms with Crippen molar-refractivity contribution >= 4 is 17.5 Å². The van der Waals surface area contributed by atoms with Crippen molar-refractivity contribution in [3.8, 4) is 0 Å². The molecule has 0 aromatic heterocycles. The van der Waals surface area contributed by atoms with Crippen LogP contribution in [0.1, 0.15) is 32.8 Å². The first-order chi connectivity index (χ1) is 8.26. The summed E-state index contributed by atoms with van der Waals surface area (Å²) in [6, 6.07) is 7.44. The lowest BCUT2D eigenvalue weighted by atomic mass is 10.1. The highest BCUT2D eigenvalue weighted by molar-refractivity contribution is 6.03. The van der Waals surface area contributed by atoms with E-state index in [4.69, 9.17) is 0 Å². The SMILES string of the molecule is Cc1ccc(NC(=O)CC(=O)NC(C)(C)C)cc1. The maximum Gasteiger partial charge on any atom is 0.233 e. The highest BCUT2D eigenvalue weighted by atomic mass is 16.2. The van der Waals surface area contributed by atoms with E-state index in [9.17, 15) is 9.59 Å². The number of carbonyl (C=O) groups excluding carboxylic acids is 2. The minimum Gasteiger partial charge on any atom is -0.351 e. The van der Waals surface area contributed by atoms with Crippen LogP contribution in [0.25, 0.3) is 0 Å². The first-order valence-electron chi connectivity index (χ1n) is 5.94. The van der Waals surface area contributed by atoms with Gasteiger partial charge in [-0.25, -0.2) is 0 Å². The average Bonchev–Trinajstić information content (AvgIpc) is 2.18. The third kappa shape index (κ3) is 5.48. The van der Waals surface area contributed by atoms with Crippen molar-refractivity contribution in [3.63, 3.8) is 0 Å². The van der Waals surface area contributed by atoms with Gasteiger partial charge in [0.05, 0.1) is 0 Å². The quantitative estimate of drug-likeness (QED) is 0.806. The summed E-state index contributed by atoms with van der Waals surface area (Å²) in [5.41, 5.74) is 1.51. The molecule has 2 N–H and O–H groups in total. The normalized spacial score (nSPS) is 10.9. The molecule has 98 valence electrons. The Morgan fingerprint density at radius 1 is 1.06 bits per heavy atom. The van der Waals surface area contributed by atoms with Crippen molar-refractivity contribution in [2.24, 2.45) is 0 Å². The van der Waals surface area contributed by atoms with E-state index in [0.29, 0.717) is 5.69 Å². The average molecular weight is 248 g/mol. The van der Waals surface area contributed by atoms with Crippen LogP contribution in [0.2, 0.25) is 0 Å². The molecule has 0 aliphatic rings. The third-order valence-electron chi connectivity index (χ3n) is 2.17. The highest BCUT2D eigenvalue weighted by Crippen LogP contribution is 2.09. The van der Waals surface area contributed by atoms with Crippen molar-refractivity contribution in [1.29, 1.82) is 0 Å². The molecule has 4 heteroatoms. The van der Waals surface area contributed by atoms with Gasteiger partial charge in [-0.2, -0.15) is 0 Å². The van der Waals surface area contributed by atoms with Gasteiger partial charge < -0.3 is 10.6 Å². The maximum atomic E-state index is 11.6. The number of rotatable bonds is 3. The molecule has 1 aromatic carbocycles. The molecule has 1 aromatic rings. The molecule has 0 saturated carbocycles. The number of benzene rings is 1. The van der Waals surface area contributed by atoms with E-state index in [0.717, 1.165) is 5.56 Å². The Morgan fingerprint density at radius 3 is 2.11 bits per heavy atom. The number of hydrogen-bond acceptors (Lipinski definition) is 2. The maximum absolute atomic E-state index is 11.6. The summed E-state index contributed by atoms with van der Waals surface area (Å²) in [5.74, 6) is -0.576. The number of nitrogens with one attached hydrogen (secondary N) is 2. The summed E-state index contributed by atoms with van der Waals surface area (Å²) in [6.07, 6.45) is -0.162. The fourth-order valence-electron chi connectivity index (χ4n) is 1.45. The van der Waals surface area contributed by atoms with Gasteiger partial charge in [-0.15, -0.1) is 0 Å². The Bertz CT molecular complexity index is 430. The van der Waals surface area contributed by atoms with Crippen molar-refractivity contribution in [3.05, 3.63) is 29.8 Å². The first kappa shape index (κ1) is 14.2. The summed E-state index contributed by atoms with van der Waals surface area (Å²) in [6.45, 7) is 7.61. The van der Waals surface area contributed by atoms with Crippen LogP contribution in [0.3, 0.4) is 0 Å². The van der Waals surface area contributed by atoms with E-state index in [2.05, 4.69) is 10.6 Å². The lowest BCUT2D eigenvalue weighted by Gasteiger charge is -2.20. The fraction of sp³-hybridized carbons (Fsp3) is 0.429. The molecule has 0 aliphatic heterocycles. The van der Waals surface area contributed by atoms with E-state index in [1.165, 1.54) is 0 Å². The predicted octanol–water partition coefficient (Wildman–Crippen LogP) is 2.24. The molecule has 18 heavy (non-hydrogen) atoms. The third-order valence-corrected chi connectivity index (χ3v) is 2.17. The summed E-state index contributed by atoms with van der Waals surface area (Å²) in [7, 11) is 0. The number of hydrogen-bond donors (Lipinski definition) is 2. The molecule has 0 radical (unpaired) electrons. The van der Waals surface area contributed by atoms with Gasteiger partial charge in [-0.3, -0.25) is 9.59 Å². The molecule has 0 heterocycles. The minimum absolute atomic E-state index is 0.162. The van der Waals surface area contributed by atoms with Crippen molar-refractivity contribution in [1.82, 2.24) is 5.32 Å². The van der Waals surface area contributed by atoms with Crippen molar-refractivity contribution in [2.45, 2.75) is 39.7 Å². The molecule has 4 nitrogen and oxygen atoms in total. The second kappa shape index (κ2) is 5.67. The zero-order valence-corrected chi connectivity index (χ0v) is 11.3. The van der Waals surface area contributed by atoms with Crippen LogP contribution >= 0.6 is 0 Å². The number of carbonyl (C=O) groups is 2. The molecular weight excluding hydrogens is 228 g/mol. The van der Waals surface area contributed by atoms with Crippen LogP contribution in [-0.4, -0.2) is 17.4 Å². The standard InChI is InChI=1S/C14H20N2O2/c1-10-5-7-11(8-6-10)15-12(17)9-13(18)16-14(2,3)4/h5-8H,9H2,1-4H3,(H,15,17)(H,16,18). The molecule has 0 spiro atoms. The smallest absolute Gasteiger partial charge is 0.233 e. The molecule has 0 bridgehead atoms.